The van der Waals surface area contributed by atoms with Gasteiger partial charge in [0, 0.05) is 39.3 Å². The number of benzene rings is 1. The molecule has 0 radical (unpaired) electrons. The van der Waals surface area contributed by atoms with Gasteiger partial charge in [-0.15, -0.1) is 24.8 Å². The summed E-state index contributed by atoms with van der Waals surface area (Å²) in [5, 5.41) is 12.0. The molecule has 7 nitrogen and oxygen atoms in total. The van der Waals surface area contributed by atoms with Crippen LogP contribution >= 0.6 is 48.0 Å². The van der Waals surface area contributed by atoms with Gasteiger partial charge in [0.15, 0.2) is 0 Å². The maximum atomic E-state index is 10.9. The Kier molecular flexibility index (Phi) is 10.5. The molecule has 1 aromatic heterocycles. The Morgan fingerprint density at radius 2 is 1.71 bits per heavy atom. The normalized spacial score (nSPS) is 14.9. The van der Waals surface area contributed by atoms with Crippen molar-refractivity contribution in [3.05, 3.63) is 56.3 Å². The molecule has 1 aromatic carbocycles. The lowest BCUT2D eigenvalue weighted by Gasteiger charge is -2.34. The van der Waals surface area contributed by atoms with Gasteiger partial charge in [0.2, 0.25) is 0 Å². The van der Waals surface area contributed by atoms with Crippen LogP contribution in [0.3, 0.4) is 0 Å². The average molecular weight is 471 g/mol. The van der Waals surface area contributed by atoms with E-state index in [9.17, 15) is 10.1 Å². The van der Waals surface area contributed by atoms with Crippen molar-refractivity contribution in [2.45, 2.75) is 19.5 Å². The zero-order valence-electron chi connectivity index (χ0n) is 15.2. The fourth-order valence-electron chi connectivity index (χ4n) is 3.18. The van der Waals surface area contributed by atoms with Crippen molar-refractivity contribution in [3.63, 3.8) is 0 Å². The van der Waals surface area contributed by atoms with Crippen LogP contribution in [0.5, 0.6) is 0 Å². The van der Waals surface area contributed by atoms with E-state index in [1.807, 2.05) is 18.2 Å². The second-order valence-electron chi connectivity index (χ2n) is 6.40. The van der Waals surface area contributed by atoms with Gasteiger partial charge in [0.05, 0.1) is 16.6 Å². The summed E-state index contributed by atoms with van der Waals surface area (Å²) in [4.78, 5) is 19.0. The van der Waals surface area contributed by atoms with E-state index >= 15 is 0 Å². The summed E-state index contributed by atoms with van der Waals surface area (Å²) in [6.45, 7) is 6.37. The molecule has 11 heteroatoms. The van der Waals surface area contributed by atoms with Crippen molar-refractivity contribution >= 4 is 54.0 Å². The van der Waals surface area contributed by atoms with Gasteiger partial charge in [-0.25, -0.2) is 4.57 Å². The van der Waals surface area contributed by atoms with Crippen LogP contribution < -0.4 is 0 Å². The fraction of sp³-hybridized carbons (Fsp3) is 0.471. The molecule has 28 heavy (non-hydrogen) atoms. The molecule has 0 aliphatic carbocycles. The van der Waals surface area contributed by atoms with E-state index in [0.717, 1.165) is 45.7 Å². The number of nitrogens with zero attached hydrogens (tertiary/aromatic N) is 5. The third-order valence-corrected chi connectivity index (χ3v) is 5.32. The summed E-state index contributed by atoms with van der Waals surface area (Å²) < 4.78 is 1.60. The largest absolute Gasteiger partial charge is 0.434 e. The lowest BCUT2D eigenvalue weighted by atomic mass is 10.2. The molecule has 1 aliphatic rings. The zero-order valence-corrected chi connectivity index (χ0v) is 18.3. The Balaban J connectivity index is 0.00000196. The molecule has 2 aromatic rings. The summed E-state index contributed by atoms with van der Waals surface area (Å²) in [5.41, 5.74) is 1.17. The number of imidazole rings is 1. The maximum absolute atomic E-state index is 10.9. The molecule has 1 fully saturated rings. The minimum absolute atomic E-state index is 0. The molecule has 2 heterocycles. The van der Waals surface area contributed by atoms with Crippen molar-refractivity contribution in [2.24, 2.45) is 0 Å². The highest BCUT2D eigenvalue weighted by Crippen LogP contribution is 2.23. The van der Waals surface area contributed by atoms with E-state index in [-0.39, 0.29) is 30.8 Å². The number of rotatable bonds is 7. The highest BCUT2D eigenvalue weighted by Gasteiger charge is 2.18. The van der Waals surface area contributed by atoms with E-state index in [0.29, 0.717) is 16.6 Å². The van der Waals surface area contributed by atoms with Crippen LogP contribution in [0.2, 0.25) is 10.0 Å². The lowest BCUT2D eigenvalue weighted by molar-refractivity contribution is -0.396. The number of piperazine rings is 1. The maximum Gasteiger partial charge on any atom is 0.434 e. The molecular formula is C17H23Cl4N5O2. The molecule has 1 aliphatic heterocycles. The third kappa shape index (κ3) is 6.76. The highest BCUT2D eigenvalue weighted by atomic mass is 35.5. The standard InChI is InChI=1S/C17H21Cl2N5O2.2ClH/c18-15-3-2-14(12-16(15)19)13-22-10-8-21(9-11-22)5-1-6-23-7-4-20-17(23)24(25)26;;/h2-4,7,12H,1,5-6,8-11,13H2;2*1H. The SMILES string of the molecule is Cl.Cl.O=[N+]([O-])c1nccn1CCCN1CCN(Cc2ccc(Cl)c(Cl)c2)CC1. The number of hydrogen-bond donors (Lipinski definition) is 0. The van der Waals surface area contributed by atoms with Gasteiger partial charge in [-0.3, -0.25) is 4.90 Å². The van der Waals surface area contributed by atoms with Crippen molar-refractivity contribution in [1.82, 2.24) is 19.4 Å². The van der Waals surface area contributed by atoms with E-state index in [2.05, 4.69) is 14.8 Å². The first-order valence-electron chi connectivity index (χ1n) is 8.57. The molecule has 0 amide bonds. The van der Waals surface area contributed by atoms with E-state index in [4.69, 9.17) is 23.2 Å². The molecule has 3 rings (SSSR count). The fourth-order valence-corrected chi connectivity index (χ4v) is 3.50. The van der Waals surface area contributed by atoms with Crippen LogP contribution in [0.15, 0.2) is 30.6 Å². The number of aromatic nitrogens is 2. The monoisotopic (exact) mass is 469 g/mol. The predicted octanol–water partition coefficient (Wildman–Crippen LogP) is 4.15. The van der Waals surface area contributed by atoms with Gasteiger partial charge < -0.3 is 15.0 Å². The Labute approximate surface area is 186 Å². The zero-order chi connectivity index (χ0) is 18.5. The summed E-state index contributed by atoms with van der Waals surface area (Å²) in [7, 11) is 0. The molecule has 0 N–H and O–H groups in total. The second-order valence-corrected chi connectivity index (χ2v) is 7.21. The number of nitro groups is 1. The van der Waals surface area contributed by atoms with Gasteiger partial charge >= 0.3 is 5.95 Å². The third-order valence-electron chi connectivity index (χ3n) is 4.59. The predicted molar refractivity (Wildman–Crippen MR) is 116 cm³/mol. The van der Waals surface area contributed by atoms with Crippen molar-refractivity contribution in [1.29, 1.82) is 0 Å². The Morgan fingerprint density at radius 3 is 2.36 bits per heavy atom. The van der Waals surface area contributed by atoms with Gasteiger partial charge in [-0.05, 0) is 29.0 Å². The Hall–Kier alpha value is -1.09. The molecule has 156 valence electrons. The molecule has 1 saturated heterocycles. The average Bonchev–Trinajstić information content (AvgIpc) is 3.09. The topological polar surface area (TPSA) is 67.4 Å². The molecule has 0 spiro atoms. The van der Waals surface area contributed by atoms with Gasteiger partial charge in [-0.2, -0.15) is 0 Å². The first-order valence-corrected chi connectivity index (χ1v) is 9.32. The number of halogens is 4. The molecular weight excluding hydrogens is 448 g/mol. The highest BCUT2D eigenvalue weighted by molar-refractivity contribution is 6.42. The summed E-state index contributed by atoms with van der Waals surface area (Å²) in [5.74, 6) is -0.0866. The first kappa shape index (κ1) is 24.9. The second kappa shape index (κ2) is 11.8. The van der Waals surface area contributed by atoms with E-state index in [1.54, 1.807) is 10.8 Å². The van der Waals surface area contributed by atoms with Crippen molar-refractivity contribution in [3.8, 4) is 0 Å². The molecule has 0 bridgehead atoms. The number of aryl methyl sites for hydroxylation is 1. The van der Waals surface area contributed by atoms with E-state index < -0.39 is 4.92 Å². The summed E-state index contributed by atoms with van der Waals surface area (Å²) in [6.07, 6.45) is 4.00. The molecule has 0 atom stereocenters. The van der Waals surface area contributed by atoms with Crippen LogP contribution in [-0.2, 0) is 13.1 Å². The minimum Gasteiger partial charge on any atom is -0.390 e. The van der Waals surface area contributed by atoms with Crippen molar-refractivity contribution < 1.29 is 4.92 Å². The number of hydrogen-bond acceptors (Lipinski definition) is 5. The van der Waals surface area contributed by atoms with Crippen LogP contribution in [-0.4, -0.2) is 57.0 Å². The molecule has 0 saturated carbocycles. The quantitative estimate of drug-likeness (QED) is 0.449. The van der Waals surface area contributed by atoms with Crippen LogP contribution in [0, 0.1) is 10.1 Å². The Morgan fingerprint density at radius 1 is 1.04 bits per heavy atom. The van der Waals surface area contributed by atoms with Crippen LogP contribution in [0.1, 0.15) is 12.0 Å². The minimum atomic E-state index is -0.443. The van der Waals surface area contributed by atoms with E-state index in [1.165, 1.54) is 11.8 Å². The summed E-state index contributed by atoms with van der Waals surface area (Å²) in [6, 6.07) is 5.78. The summed E-state index contributed by atoms with van der Waals surface area (Å²) >= 11 is 12.0. The lowest BCUT2D eigenvalue weighted by Crippen LogP contribution is -2.46. The smallest absolute Gasteiger partial charge is 0.390 e. The van der Waals surface area contributed by atoms with Gasteiger partial charge in [0.25, 0.3) is 0 Å². The van der Waals surface area contributed by atoms with Crippen LogP contribution in [0.4, 0.5) is 5.95 Å². The Bertz CT molecular complexity index is 766. The van der Waals surface area contributed by atoms with Crippen molar-refractivity contribution in [2.75, 3.05) is 32.7 Å². The molecule has 0 unspecified atom stereocenters. The van der Waals surface area contributed by atoms with Crippen LogP contribution in [0.25, 0.3) is 0 Å². The van der Waals surface area contributed by atoms with Gasteiger partial charge in [0.1, 0.15) is 12.4 Å². The first-order chi connectivity index (χ1) is 12.5. The van der Waals surface area contributed by atoms with Gasteiger partial charge in [-0.1, -0.05) is 34.3 Å².